The van der Waals surface area contributed by atoms with Crippen molar-refractivity contribution in [2.24, 2.45) is 0 Å². The molecule has 1 aromatic rings. The van der Waals surface area contributed by atoms with E-state index in [1.54, 1.807) is 19.1 Å². The molecule has 0 amide bonds. The first-order chi connectivity index (χ1) is 6.72. The van der Waals surface area contributed by atoms with Gasteiger partial charge in [-0.1, -0.05) is 6.92 Å². The van der Waals surface area contributed by atoms with Gasteiger partial charge in [-0.15, -0.1) is 0 Å². The third-order valence-corrected chi connectivity index (χ3v) is 1.67. The van der Waals surface area contributed by atoms with E-state index in [9.17, 15) is 9.59 Å². The molecule has 0 saturated carbocycles. The maximum absolute atomic E-state index is 11.0. The van der Waals surface area contributed by atoms with Crippen LogP contribution in [0.25, 0.3) is 0 Å². The second-order valence-electron chi connectivity index (χ2n) is 2.78. The smallest absolute Gasteiger partial charge is 0.313 e. The van der Waals surface area contributed by atoms with Crippen LogP contribution >= 0.6 is 0 Å². The third-order valence-electron chi connectivity index (χ3n) is 1.67. The van der Waals surface area contributed by atoms with Crippen LogP contribution < -0.4 is 0 Å². The van der Waals surface area contributed by atoms with Crippen LogP contribution in [0, 0.1) is 0 Å². The Morgan fingerprint density at radius 2 is 2.21 bits per heavy atom. The van der Waals surface area contributed by atoms with Crippen molar-refractivity contribution in [3.05, 3.63) is 24.2 Å². The first-order valence-electron chi connectivity index (χ1n) is 4.48. The van der Waals surface area contributed by atoms with Crippen molar-refractivity contribution in [3.8, 4) is 0 Å². The van der Waals surface area contributed by atoms with Crippen molar-refractivity contribution >= 4 is 11.9 Å². The second-order valence-corrected chi connectivity index (χ2v) is 2.78. The average Bonchev–Trinajstić information content (AvgIpc) is 2.67. The number of carbonyl (C=O) groups is 2. The van der Waals surface area contributed by atoms with Gasteiger partial charge in [-0.3, -0.25) is 9.59 Å². The molecule has 0 atom stereocenters. The molecule has 0 N–H and O–H groups in total. The summed E-state index contributed by atoms with van der Waals surface area (Å²) in [6.07, 6.45) is 2.38. The highest BCUT2D eigenvalue weighted by molar-refractivity contribution is 5.85. The number of esters is 2. The average molecular weight is 196 g/mol. The minimum absolute atomic E-state index is 0.166. The van der Waals surface area contributed by atoms with Crippen LogP contribution in [0.15, 0.2) is 22.8 Å². The number of ether oxygens (including phenoxy) is 1. The predicted octanol–water partition coefficient (Wildman–Crippen LogP) is 1.69. The van der Waals surface area contributed by atoms with Gasteiger partial charge in [0.25, 0.3) is 0 Å². The zero-order valence-corrected chi connectivity index (χ0v) is 7.99. The molecule has 76 valence electrons. The van der Waals surface area contributed by atoms with Crippen LogP contribution in [-0.2, 0) is 20.7 Å². The Balaban J connectivity index is 2.25. The maximum Gasteiger partial charge on any atom is 0.313 e. The van der Waals surface area contributed by atoms with Gasteiger partial charge in [0.15, 0.2) is 0 Å². The number of aryl methyl sites for hydroxylation is 1. The highest BCUT2D eigenvalue weighted by atomic mass is 16.6. The molecule has 0 fully saturated rings. The fourth-order valence-corrected chi connectivity index (χ4v) is 0.930. The van der Waals surface area contributed by atoms with Crippen molar-refractivity contribution in [1.82, 2.24) is 0 Å². The van der Waals surface area contributed by atoms with Crippen LogP contribution in [0.4, 0.5) is 0 Å². The summed E-state index contributed by atoms with van der Waals surface area (Å²) in [4.78, 5) is 21.7. The van der Waals surface area contributed by atoms with Crippen LogP contribution in [-0.4, -0.2) is 11.9 Å². The van der Waals surface area contributed by atoms with Crippen molar-refractivity contribution in [2.75, 3.05) is 0 Å². The van der Waals surface area contributed by atoms with E-state index in [2.05, 4.69) is 4.74 Å². The van der Waals surface area contributed by atoms with Gasteiger partial charge in [-0.05, 0) is 12.1 Å². The molecule has 1 rings (SSSR count). The Kier molecular flexibility index (Phi) is 3.91. The van der Waals surface area contributed by atoms with E-state index >= 15 is 0 Å². The molecule has 4 heteroatoms. The molecule has 14 heavy (non-hydrogen) atoms. The Morgan fingerprint density at radius 3 is 2.79 bits per heavy atom. The quantitative estimate of drug-likeness (QED) is 0.543. The van der Waals surface area contributed by atoms with Gasteiger partial charge in [-0.2, -0.15) is 0 Å². The molecule has 0 aliphatic carbocycles. The lowest BCUT2D eigenvalue weighted by Crippen LogP contribution is -2.11. The lowest BCUT2D eigenvalue weighted by atomic mass is 10.2. The van der Waals surface area contributed by atoms with Gasteiger partial charge >= 0.3 is 11.9 Å². The van der Waals surface area contributed by atoms with Crippen LogP contribution in [0.2, 0.25) is 0 Å². The first kappa shape index (κ1) is 10.5. The third kappa shape index (κ3) is 3.43. The fourth-order valence-electron chi connectivity index (χ4n) is 0.930. The monoisotopic (exact) mass is 196 g/mol. The molecule has 0 saturated heterocycles. The highest BCUT2D eigenvalue weighted by Crippen LogP contribution is 2.04. The minimum Gasteiger partial charge on any atom is -0.469 e. The number of furan rings is 1. The normalized spacial score (nSPS) is 9.79. The molecular formula is C10H12O4. The molecule has 0 aliphatic rings. The lowest BCUT2D eigenvalue weighted by Gasteiger charge is -1.99. The Morgan fingerprint density at radius 1 is 1.43 bits per heavy atom. The van der Waals surface area contributed by atoms with E-state index in [4.69, 9.17) is 4.42 Å². The summed E-state index contributed by atoms with van der Waals surface area (Å²) >= 11 is 0. The topological polar surface area (TPSA) is 56.5 Å². The van der Waals surface area contributed by atoms with Crippen LogP contribution in [0.5, 0.6) is 0 Å². The first-order valence-corrected chi connectivity index (χ1v) is 4.48. The number of rotatable bonds is 4. The van der Waals surface area contributed by atoms with E-state index < -0.39 is 11.9 Å². The molecule has 4 nitrogen and oxygen atoms in total. The maximum atomic E-state index is 11.0. The highest BCUT2D eigenvalue weighted by Gasteiger charge is 2.09. The largest absolute Gasteiger partial charge is 0.469 e. The molecule has 0 unspecified atom stereocenters. The lowest BCUT2D eigenvalue weighted by molar-refractivity contribution is -0.159. The summed E-state index contributed by atoms with van der Waals surface area (Å²) in [5, 5.41) is 0. The summed E-state index contributed by atoms with van der Waals surface area (Å²) in [7, 11) is 0. The van der Waals surface area contributed by atoms with Crippen LogP contribution in [0.1, 0.15) is 25.5 Å². The summed E-state index contributed by atoms with van der Waals surface area (Å²) in [6, 6.07) is 3.52. The van der Waals surface area contributed by atoms with Gasteiger partial charge in [-0.25, -0.2) is 0 Å². The standard InChI is InChI=1S/C10H12O4/c1-2-9(11)14-10(12)6-5-8-4-3-7-13-8/h3-4,7H,2,5-6H2,1H3. The second kappa shape index (κ2) is 5.21. The summed E-state index contributed by atoms with van der Waals surface area (Å²) in [6.45, 7) is 1.64. The van der Waals surface area contributed by atoms with Gasteiger partial charge in [0, 0.05) is 12.8 Å². The molecule has 0 spiro atoms. The number of carbonyl (C=O) groups excluding carboxylic acids is 2. The van der Waals surface area contributed by atoms with Gasteiger partial charge < -0.3 is 9.15 Å². The van der Waals surface area contributed by atoms with Gasteiger partial charge in [0.2, 0.25) is 0 Å². The van der Waals surface area contributed by atoms with Crippen molar-refractivity contribution in [1.29, 1.82) is 0 Å². The summed E-state index contributed by atoms with van der Waals surface area (Å²) in [5.74, 6) is -0.284. The summed E-state index contributed by atoms with van der Waals surface area (Å²) in [5.41, 5.74) is 0. The van der Waals surface area contributed by atoms with Crippen molar-refractivity contribution < 1.29 is 18.7 Å². The van der Waals surface area contributed by atoms with E-state index in [0.717, 1.165) is 0 Å². The molecule has 1 heterocycles. The number of hydrogen-bond acceptors (Lipinski definition) is 4. The number of hydrogen-bond donors (Lipinski definition) is 0. The molecule has 0 radical (unpaired) electrons. The fraction of sp³-hybridized carbons (Fsp3) is 0.400. The van der Waals surface area contributed by atoms with Crippen LogP contribution in [0.3, 0.4) is 0 Å². The van der Waals surface area contributed by atoms with E-state index in [1.165, 1.54) is 6.26 Å². The molecular weight excluding hydrogens is 184 g/mol. The molecule has 0 aromatic carbocycles. The van der Waals surface area contributed by atoms with E-state index in [0.29, 0.717) is 12.2 Å². The van der Waals surface area contributed by atoms with E-state index in [-0.39, 0.29) is 12.8 Å². The molecule has 0 bridgehead atoms. The zero-order chi connectivity index (χ0) is 10.4. The van der Waals surface area contributed by atoms with Crippen molar-refractivity contribution in [3.63, 3.8) is 0 Å². The van der Waals surface area contributed by atoms with Gasteiger partial charge in [0.1, 0.15) is 5.76 Å². The summed E-state index contributed by atoms with van der Waals surface area (Å²) < 4.78 is 9.50. The van der Waals surface area contributed by atoms with Gasteiger partial charge in [0.05, 0.1) is 12.7 Å². The Labute approximate surface area is 81.9 Å². The molecule has 1 aromatic heterocycles. The minimum atomic E-state index is -0.506. The SMILES string of the molecule is CCC(=O)OC(=O)CCc1ccco1. The Bertz CT molecular complexity index is 300. The Hall–Kier alpha value is -1.58. The van der Waals surface area contributed by atoms with E-state index in [1.807, 2.05) is 0 Å². The van der Waals surface area contributed by atoms with Crippen molar-refractivity contribution in [2.45, 2.75) is 26.2 Å². The molecule has 0 aliphatic heterocycles. The predicted molar refractivity (Wildman–Crippen MR) is 48.4 cm³/mol. The zero-order valence-electron chi connectivity index (χ0n) is 7.99.